The highest BCUT2D eigenvalue weighted by Gasteiger charge is 2.39. The lowest BCUT2D eigenvalue weighted by Crippen LogP contribution is -2.32. The predicted octanol–water partition coefficient (Wildman–Crippen LogP) is 1.14. The zero-order chi connectivity index (χ0) is 16.9. The number of benzene rings is 1. The van der Waals surface area contributed by atoms with Gasteiger partial charge < -0.3 is 0 Å². The van der Waals surface area contributed by atoms with Crippen LogP contribution in [-0.2, 0) is 14.8 Å². The second-order valence-corrected chi connectivity index (χ2v) is 8.21. The molecule has 126 valence electrons. The molecule has 1 saturated carbocycles. The van der Waals surface area contributed by atoms with Crippen molar-refractivity contribution in [2.24, 2.45) is 5.14 Å². The van der Waals surface area contributed by atoms with Crippen LogP contribution < -0.4 is 10.0 Å². The van der Waals surface area contributed by atoms with Crippen molar-refractivity contribution in [2.75, 3.05) is 11.4 Å². The van der Waals surface area contributed by atoms with Gasteiger partial charge in [0.05, 0.1) is 11.4 Å². The minimum absolute atomic E-state index is 0.0697. The van der Waals surface area contributed by atoms with E-state index in [1.54, 1.807) is 4.68 Å². The Morgan fingerprint density at radius 3 is 2.46 bits per heavy atom. The van der Waals surface area contributed by atoms with Gasteiger partial charge in [-0.2, -0.15) is 5.10 Å². The van der Waals surface area contributed by atoms with Crippen molar-refractivity contribution in [2.45, 2.75) is 30.4 Å². The van der Waals surface area contributed by atoms with Gasteiger partial charge in [-0.05, 0) is 25.0 Å². The Balaban J connectivity index is 1.76. The third-order valence-corrected chi connectivity index (χ3v) is 5.78. The number of primary sulfonamides is 1. The molecule has 7 nitrogen and oxygen atoms in total. The maximum Gasteiger partial charge on any atom is 0.229 e. The zero-order valence-corrected chi connectivity index (χ0v) is 13.8. The summed E-state index contributed by atoms with van der Waals surface area (Å²) in [6.07, 6.45) is 2.11. The van der Waals surface area contributed by atoms with Gasteiger partial charge in [-0.1, -0.05) is 18.2 Å². The van der Waals surface area contributed by atoms with Crippen molar-refractivity contribution in [3.05, 3.63) is 42.1 Å². The molecule has 2 fully saturated rings. The number of rotatable bonds is 4. The summed E-state index contributed by atoms with van der Waals surface area (Å²) in [5.41, 5.74) is 1.78. The Labute approximate surface area is 140 Å². The third-order valence-electron chi connectivity index (χ3n) is 4.54. The van der Waals surface area contributed by atoms with E-state index in [1.807, 2.05) is 36.4 Å². The number of hydrogen-bond acceptors (Lipinski definition) is 4. The van der Waals surface area contributed by atoms with Gasteiger partial charge in [0.1, 0.15) is 11.1 Å². The smallest absolute Gasteiger partial charge is 0.229 e. The van der Waals surface area contributed by atoms with Crippen LogP contribution in [0.5, 0.6) is 0 Å². The Hall–Kier alpha value is -2.19. The molecule has 1 atom stereocenters. The van der Waals surface area contributed by atoms with Crippen LogP contribution in [0.25, 0.3) is 5.69 Å². The predicted molar refractivity (Wildman–Crippen MR) is 89.4 cm³/mol. The summed E-state index contributed by atoms with van der Waals surface area (Å²) >= 11 is 0. The fourth-order valence-corrected chi connectivity index (χ4v) is 3.77. The van der Waals surface area contributed by atoms with Crippen molar-refractivity contribution >= 4 is 21.7 Å². The first kappa shape index (κ1) is 15.3. The summed E-state index contributed by atoms with van der Waals surface area (Å²) < 4.78 is 24.9. The third kappa shape index (κ3) is 2.71. The summed E-state index contributed by atoms with van der Waals surface area (Å²) in [6, 6.07) is 11.4. The molecule has 1 amide bonds. The number of nitrogens with zero attached hydrogens (tertiary/aromatic N) is 3. The summed E-state index contributed by atoms with van der Waals surface area (Å²) in [5, 5.41) is 9.01. The molecule has 2 heterocycles. The first-order chi connectivity index (χ1) is 11.4. The van der Waals surface area contributed by atoms with Gasteiger partial charge in [0.15, 0.2) is 0 Å². The summed E-state index contributed by atoms with van der Waals surface area (Å²) in [4.78, 5) is 13.9. The average molecular weight is 346 g/mol. The quantitative estimate of drug-likeness (QED) is 0.897. The van der Waals surface area contributed by atoms with Crippen LogP contribution >= 0.6 is 0 Å². The second kappa shape index (κ2) is 5.42. The van der Waals surface area contributed by atoms with Gasteiger partial charge in [0.25, 0.3) is 0 Å². The number of carbonyl (C=O) groups is 1. The molecule has 1 aliphatic carbocycles. The Bertz CT molecular complexity index is 887. The molecule has 4 rings (SSSR count). The first-order valence-corrected chi connectivity index (χ1v) is 9.52. The fraction of sp³-hybridized carbons (Fsp3) is 0.375. The normalized spacial score (nSPS) is 21.5. The number of aromatic nitrogens is 2. The molecule has 0 radical (unpaired) electrons. The first-order valence-electron chi connectivity index (χ1n) is 7.91. The highest BCUT2D eigenvalue weighted by Crippen LogP contribution is 2.41. The zero-order valence-electron chi connectivity index (χ0n) is 13.0. The number of para-hydroxylation sites is 1. The monoisotopic (exact) mass is 346 g/mol. The van der Waals surface area contributed by atoms with E-state index in [1.165, 1.54) is 4.90 Å². The lowest BCUT2D eigenvalue weighted by Gasteiger charge is -2.17. The highest BCUT2D eigenvalue weighted by molar-refractivity contribution is 7.89. The van der Waals surface area contributed by atoms with Crippen LogP contribution in [-0.4, -0.2) is 35.9 Å². The van der Waals surface area contributed by atoms with E-state index in [0.717, 1.165) is 24.2 Å². The molecule has 0 spiro atoms. The van der Waals surface area contributed by atoms with E-state index in [2.05, 4.69) is 5.10 Å². The number of amides is 1. The van der Waals surface area contributed by atoms with E-state index < -0.39 is 15.3 Å². The highest BCUT2D eigenvalue weighted by atomic mass is 32.2. The van der Waals surface area contributed by atoms with Gasteiger partial charge in [0, 0.05) is 24.9 Å². The van der Waals surface area contributed by atoms with Crippen LogP contribution in [0.2, 0.25) is 0 Å². The molecule has 2 N–H and O–H groups in total. The van der Waals surface area contributed by atoms with E-state index in [4.69, 9.17) is 5.14 Å². The van der Waals surface area contributed by atoms with Crippen molar-refractivity contribution in [3.63, 3.8) is 0 Å². The van der Waals surface area contributed by atoms with Crippen molar-refractivity contribution in [3.8, 4) is 5.69 Å². The molecule has 0 bridgehead atoms. The van der Waals surface area contributed by atoms with E-state index in [0.29, 0.717) is 11.7 Å². The molecule has 1 saturated heterocycles. The molecule has 1 aromatic heterocycles. The molecule has 1 unspecified atom stereocenters. The van der Waals surface area contributed by atoms with E-state index >= 15 is 0 Å². The maximum absolute atomic E-state index is 12.4. The van der Waals surface area contributed by atoms with Crippen LogP contribution in [0.3, 0.4) is 0 Å². The lowest BCUT2D eigenvalue weighted by molar-refractivity contribution is -0.117. The minimum Gasteiger partial charge on any atom is -0.295 e. The summed E-state index contributed by atoms with van der Waals surface area (Å²) in [7, 11) is -3.74. The van der Waals surface area contributed by atoms with Crippen LogP contribution in [0, 0.1) is 0 Å². The SMILES string of the molecule is NS(=O)(=O)C1CC(=O)N(c2cc(C3CC3)nn2-c2ccccc2)C1. The van der Waals surface area contributed by atoms with Crippen LogP contribution in [0.15, 0.2) is 36.4 Å². The number of sulfonamides is 1. The van der Waals surface area contributed by atoms with Crippen molar-refractivity contribution in [1.82, 2.24) is 9.78 Å². The van der Waals surface area contributed by atoms with Gasteiger partial charge in [0.2, 0.25) is 15.9 Å². The molecule has 2 aliphatic rings. The maximum atomic E-state index is 12.4. The van der Waals surface area contributed by atoms with Gasteiger partial charge in [-0.15, -0.1) is 0 Å². The summed E-state index contributed by atoms with van der Waals surface area (Å²) in [5.74, 6) is 0.799. The fourth-order valence-electron chi connectivity index (χ4n) is 3.04. The standard InChI is InChI=1S/C16H18N4O3S/c17-24(22,23)13-8-16(21)19(10-13)15-9-14(11-6-7-11)18-20(15)12-4-2-1-3-5-12/h1-5,9,11,13H,6-8,10H2,(H2,17,22,23). The largest absolute Gasteiger partial charge is 0.295 e. The molecule has 1 aliphatic heterocycles. The van der Waals surface area contributed by atoms with Crippen LogP contribution in [0.4, 0.5) is 5.82 Å². The van der Waals surface area contributed by atoms with Gasteiger partial charge in [-0.3, -0.25) is 9.69 Å². The molecule has 2 aromatic rings. The Kier molecular flexibility index (Phi) is 3.47. The number of carbonyl (C=O) groups excluding carboxylic acids is 1. The summed E-state index contributed by atoms with van der Waals surface area (Å²) in [6.45, 7) is 0.0697. The van der Waals surface area contributed by atoms with Gasteiger partial charge in [-0.25, -0.2) is 18.2 Å². The Morgan fingerprint density at radius 2 is 1.88 bits per heavy atom. The van der Waals surface area contributed by atoms with Crippen molar-refractivity contribution in [1.29, 1.82) is 0 Å². The topological polar surface area (TPSA) is 98.3 Å². The number of nitrogens with two attached hydrogens (primary N) is 1. The van der Waals surface area contributed by atoms with Crippen molar-refractivity contribution < 1.29 is 13.2 Å². The second-order valence-electron chi connectivity index (χ2n) is 6.37. The molecule has 8 heteroatoms. The number of anilines is 1. The Morgan fingerprint density at radius 1 is 1.17 bits per heavy atom. The molecular formula is C16H18N4O3S. The minimum atomic E-state index is -3.74. The average Bonchev–Trinajstić information content (AvgIpc) is 3.17. The molecule has 1 aromatic carbocycles. The van der Waals surface area contributed by atoms with Gasteiger partial charge >= 0.3 is 0 Å². The molecule has 24 heavy (non-hydrogen) atoms. The number of hydrogen-bond donors (Lipinski definition) is 1. The van der Waals surface area contributed by atoms with Crippen LogP contribution in [0.1, 0.15) is 30.9 Å². The van der Waals surface area contributed by atoms with E-state index in [-0.39, 0.29) is 18.9 Å². The van der Waals surface area contributed by atoms with E-state index in [9.17, 15) is 13.2 Å². The lowest BCUT2D eigenvalue weighted by atomic mass is 10.3. The molecular weight excluding hydrogens is 328 g/mol.